The maximum atomic E-state index is 5.95. The lowest BCUT2D eigenvalue weighted by atomic mass is 9.98. The van der Waals surface area contributed by atoms with Crippen LogP contribution >= 0.6 is 27.5 Å². The van der Waals surface area contributed by atoms with Crippen molar-refractivity contribution >= 4 is 38.3 Å². The number of benzene rings is 3. The summed E-state index contributed by atoms with van der Waals surface area (Å²) in [5.41, 5.74) is 2.38. The van der Waals surface area contributed by atoms with Crippen LogP contribution in [-0.2, 0) is 0 Å². The Hall–Kier alpha value is -1.31. The van der Waals surface area contributed by atoms with Gasteiger partial charge in [0.25, 0.3) is 0 Å². The van der Waals surface area contributed by atoms with Crippen molar-refractivity contribution < 1.29 is 0 Å². The molecule has 88 valence electrons. The Morgan fingerprint density at radius 2 is 1.50 bits per heavy atom. The maximum absolute atomic E-state index is 5.95. The monoisotopic (exact) mass is 316 g/mol. The Morgan fingerprint density at radius 3 is 2.28 bits per heavy atom. The average Bonchev–Trinajstić information content (AvgIpc) is 2.40. The number of halogens is 2. The van der Waals surface area contributed by atoms with Crippen molar-refractivity contribution in [3.63, 3.8) is 0 Å². The van der Waals surface area contributed by atoms with Crippen LogP contribution in [-0.4, -0.2) is 0 Å². The van der Waals surface area contributed by atoms with Gasteiger partial charge >= 0.3 is 0 Å². The molecule has 0 aromatic heterocycles. The standard InChI is InChI=1S/C16H10BrCl/c17-15-10-7-11-3-1-2-4-14(11)16(15)12-5-8-13(18)9-6-12/h1-10H. The molecule has 0 heterocycles. The van der Waals surface area contributed by atoms with Crippen molar-refractivity contribution in [2.45, 2.75) is 0 Å². The molecule has 0 bridgehead atoms. The number of hydrogen-bond acceptors (Lipinski definition) is 0. The Bertz CT molecular complexity index is 702. The van der Waals surface area contributed by atoms with Crippen LogP contribution < -0.4 is 0 Å². The lowest BCUT2D eigenvalue weighted by Crippen LogP contribution is -1.83. The van der Waals surface area contributed by atoms with Crippen molar-refractivity contribution in [2.24, 2.45) is 0 Å². The molecule has 0 unspecified atom stereocenters. The lowest BCUT2D eigenvalue weighted by molar-refractivity contribution is 1.62. The van der Waals surface area contributed by atoms with Gasteiger partial charge in [-0.15, -0.1) is 0 Å². The summed E-state index contributed by atoms with van der Waals surface area (Å²) in [4.78, 5) is 0. The second-order valence-corrected chi connectivity index (χ2v) is 5.44. The topological polar surface area (TPSA) is 0 Å². The smallest absolute Gasteiger partial charge is 0.0406 e. The van der Waals surface area contributed by atoms with Gasteiger partial charge in [0.15, 0.2) is 0 Å². The van der Waals surface area contributed by atoms with E-state index in [4.69, 9.17) is 11.6 Å². The van der Waals surface area contributed by atoms with Gasteiger partial charge in [-0.3, -0.25) is 0 Å². The number of rotatable bonds is 1. The first-order chi connectivity index (χ1) is 8.75. The zero-order chi connectivity index (χ0) is 12.5. The second kappa shape index (κ2) is 4.75. The van der Waals surface area contributed by atoms with Crippen LogP contribution in [0.4, 0.5) is 0 Å². The fourth-order valence-electron chi connectivity index (χ4n) is 2.15. The predicted molar refractivity (Wildman–Crippen MR) is 82.1 cm³/mol. The van der Waals surface area contributed by atoms with Gasteiger partial charge in [0.1, 0.15) is 0 Å². The van der Waals surface area contributed by atoms with Gasteiger partial charge in [0, 0.05) is 15.1 Å². The van der Waals surface area contributed by atoms with Crippen molar-refractivity contribution in [3.8, 4) is 11.1 Å². The Morgan fingerprint density at radius 1 is 0.778 bits per heavy atom. The van der Waals surface area contributed by atoms with Crippen LogP contribution in [0.25, 0.3) is 21.9 Å². The third-order valence-electron chi connectivity index (χ3n) is 3.01. The molecule has 3 aromatic carbocycles. The molecule has 0 saturated carbocycles. The van der Waals surface area contributed by atoms with Crippen LogP contribution in [0.15, 0.2) is 65.1 Å². The third-order valence-corrected chi connectivity index (χ3v) is 3.92. The van der Waals surface area contributed by atoms with E-state index in [0.29, 0.717) is 0 Å². The van der Waals surface area contributed by atoms with E-state index in [9.17, 15) is 0 Å². The summed E-state index contributed by atoms with van der Waals surface area (Å²) in [7, 11) is 0. The Labute approximate surface area is 119 Å². The van der Waals surface area contributed by atoms with E-state index >= 15 is 0 Å². The van der Waals surface area contributed by atoms with Crippen LogP contribution in [0, 0.1) is 0 Å². The van der Waals surface area contributed by atoms with E-state index in [0.717, 1.165) is 9.50 Å². The maximum Gasteiger partial charge on any atom is 0.0406 e. The first-order valence-corrected chi connectivity index (χ1v) is 6.86. The van der Waals surface area contributed by atoms with Crippen LogP contribution in [0.5, 0.6) is 0 Å². The van der Waals surface area contributed by atoms with E-state index < -0.39 is 0 Å². The SMILES string of the molecule is Clc1ccc(-c2c(Br)ccc3ccccc23)cc1. The van der Waals surface area contributed by atoms with Crippen molar-refractivity contribution in [3.05, 3.63) is 70.2 Å². The van der Waals surface area contributed by atoms with Gasteiger partial charge in [-0.25, -0.2) is 0 Å². The summed E-state index contributed by atoms with van der Waals surface area (Å²) in [5.74, 6) is 0. The molecule has 18 heavy (non-hydrogen) atoms. The number of fused-ring (bicyclic) bond motifs is 1. The minimum absolute atomic E-state index is 0.759. The molecule has 3 rings (SSSR count). The molecule has 0 fully saturated rings. The normalized spacial score (nSPS) is 10.8. The predicted octanol–water partition coefficient (Wildman–Crippen LogP) is 5.92. The van der Waals surface area contributed by atoms with E-state index in [-0.39, 0.29) is 0 Å². The molecule has 0 radical (unpaired) electrons. The summed E-state index contributed by atoms with van der Waals surface area (Å²) in [6.45, 7) is 0. The summed E-state index contributed by atoms with van der Waals surface area (Å²) >= 11 is 9.59. The van der Waals surface area contributed by atoms with Crippen LogP contribution in [0.1, 0.15) is 0 Å². The zero-order valence-corrected chi connectivity index (χ0v) is 11.9. The van der Waals surface area contributed by atoms with Crippen molar-refractivity contribution in [2.75, 3.05) is 0 Å². The molecule has 0 amide bonds. The highest BCUT2D eigenvalue weighted by molar-refractivity contribution is 9.10. The lowest BCUT2D eigenvalue weighted by Gasteiger charge is -2.09. The Balaban J connectivity index is 2.33. The molecule has 0 aliphatic rings. The fraction of sp³-hybridized carbons (Fsp3) is 0. The highest BCUT2D eigenvalue weighted by atomic mass is 79.9. The molecule has 0 atom stereocenters. The molecule has 2 heteroatoms. The van der Waals surface area contributed by atoms with Crippen LogP contribution in [0.3, 0.4) is 0 Å². The van der Waals surface area contributed by atoms with Crippen LogP contribution in [0.2, 0.25) is 5.02 Å². The third kappa shape index (κ3) is 2.05. The quantitative estimate of drug-likeness (QED) is 0.522. The average molecular weight is 318 g/mol. The van der Waals surface area contributed by atoms with Gasteiger partial charge in [0.05, 0.1) is 0 Å². The summed E-state index contributed by atoms with van der Waals surface area (Å²) in [6.07, 6.45) is 0. The van der Waals surface area contributed by atoms with Gasteiger partial charge in [-0.1, -0.05) is 70.0 Å². The zero-order valence-electron chi connectivity index (χ0n) is 9.53. The molecular weight excluding hydrogens is 308 g/mol. The molecule has 0 aliphatic heterocycles. The largest absolute Gasteiger partial charge is 0.0843 e. The summed E-state index contributed by atoms with van der Waals surface area (Å²) < 4.78 is 1.10. The van der Waals surface area contributed by atoms with E-state index in [2.05, 4.69) is 64.5 Å². The first kappa shape index (κ1) is 11.8. The summed E-state index contributed by atoms with van der Waals surface area (Å²) in [5, 5.41) is 3.25. The molecule has 3 aromatic rings. The fourth-order valence-corrected chi connectivity index (χ4v) is 2.86. The molecule has 0 N–H and O–H groups in total. The van der Waals surface area contributed by atoms with Crippen molar-refractivity contribution in [1.82, 2.24) is 0 Å². The van der Waals surface area contributed by atoms with E-state index in [1.165, 1.54) is 21.9 Å². The summed E-state index contributed by atoms with van der Waals surface area (Å²) in [6, 6.07) is 20.5. The molecule has 0 nitrogen and oxygen atoms in total. The van der Waals surface area contributed by atoms with Gasteiger partial charge < -0.3 is 0 Å². The highest BCUT2D eigenvalue weighted by Gasteiger charge is 2.07. The second-order valence-electron chi connectivity index (χ2n) is 4.15. The molecule has 0 aliphatic carbocycles. The minimum Gasteiger partial charge on any atom is -0.0843 e. The first-order valence-electron chi connectivity index (χ1n) is 5.69. The van der Waals surface area contributed by atoms with Gasteiger partial charge in [0.2, 0.25) is 0 Å². The molecule has 0 saturated heterocycles. The van der Waals surface area contributed by atoms with Crippen molar-refractivity contribution in [1.29, 1.82) is 0 Å². The highest BCUT2D eigenvalue weighted by Crippen LogP contribution is 2.35. The minimum atomic E-state index is 0.759. The van der Waals surface area contributed by atoms with Gasteiger partial charge in [-0.2, -0.15) is 0 Å². The van der Waals surface area contributed by atoms with Gasteiger partial charge in [-0.05, 0) is 34.5 Å². The number of hydrogen-bond donors (Lipinski definition) is 0. The van der Waals surface area contributed by atoms with E-state index in [1.807, 2.05) is 12.1 Å². The molecule has 0 spiro atoms. The molecular formula is C16H10BrCl. The van der Waals surface area contributed by atoms with E-state index in [1.54, 1.807) is 0 Å². The Kier molecular flexibility index (Phi) is 3.11.